The Hall–Kier alpha value is -2.03. The van der Waals surface area contributed by atoms with Crippen molar-refractivity contribution in [2.75, 3.05) is 5.32 Å². The molecule has 0 bridgehead atoms. The van der Waals surface area contributed by atoms with Crippen molar-refractivity contribution in [1.82, 2.24) is 0 Å². The minimum Gasteiger partial charge on any atom is -0.465 e. The van der Waals surface area contributed by atoms with E-state index in [1.165, 1.54) is 0 Å². The lowest BCUT2D eigenvalue weighted by atomic mass is 10.0. The van der Waals surface area contributed by atoms with E-state index in [1.54, 1.807) is 0 Å². The molecule has 2 aromatic rings. The van der Waals surface area contributed by atoms with Gasteiger partial charge in [0, 0.05) is 5.39 Å². The lowest BCUT2D eigenvalue weighted by Crippen LogP contribution is -2.09. The molecule has 2 rings (SSSR count). The Morgan fingerprint density at radius 2 is 2.00 bits per heavy atom. The number of fused-ring (bicyclic) bond motifs is 1. The van der Waals surface area contributed by atoms with E-state index in [2.05, 4.69) is 5.32 Å². The predicted octanol–water partition coefficient (Wildman–Crippen LogP) is 3.49. The van der Waals surface area contributed by atoms with Crippen LogP contribution >= 0.6 is 0 Å². The van der Waals surface area contributed by atoms with Gasteiger partial charge in [-0.2, -0.15) is 0 Å². The fourth-order valence-electron chi connectivity index (χ4n) is 1.87. The van der Waals surface area contributed by atoms with Gasteiger partial charge in [0.15, 0.2) is 0 Å². The van der Waals surface area contributed by atoms with Crippen LogP contribution in [0.3, 0.4) is 0 Å². The molecule has 0 atom stereocenters. The summed E-state index contributed by atoms with van der Waals surface area (Å²) in [6.07, 6.45) is -0.216. The van der Waals surface area contributed by atoms with E-state index < -0.39 is 6.09 Å². The first-order chi connectivity index (χ1) is 7.72. The van der Waals surface area contributed by atoms with Crippen LogP contribution in [0, 0.1) is 0 Å². The zero-order valence-corrected chi connectivity index (χ0v) is 9.03. The Balaban J connectivity index is 2.67. The third kappa shape index (κ3) is 1.84. The molecule has 1 amide bonds. The summed E-state index contributed by atoms with van der Waals surface area (Å²) >= 11 is 0. The standard InChI is InChI=1S/C13H13NO2/c1-2-9-7-8-10-5-3-4-6-11(10)12(9)14-13(15)16/h3-8,14H,2H2,1H3,(H,15,16). The molecule has 2 aromatic carbocycles. The van der Waals surface area contributed by atoms with Crippen LogP contribution in [0.2, 0.25) is 0 Å². The van der Waals surface area contributed by atoms with Gasteiger partial charge < -0.3 is 5.11 Å². The molecule has 0 fully saturated rings. The molecule has 3 heteroatoms. The highest BCUT2D eigenvalue weighted by Crippen LogP contribution is 2.27. The molecule has 0 aliphatic rings. The fourth-order valence-corrected chi connectivity index (χ4v) is 1.87. The summed E-state index contributed by atoms with van der Waals surface area (Å²) in [5.74, 6) is 0. The van der Waals surface area contributed by atoms with Crippen LogP contribution in [0.1, 0.15) is 12.5 Å². The van der Waals surface area contributed by atoms with E-state index in [4.69, 9.17) is 5.11 Å². The molecule has 0 aliphatic carbocycles. The number of hydrogen-bond acceptors (Lipinski definition) is 1. The van der Waals surface area contributed by atoms with Gasteiger partial charge in [0.2, 0.25) is 0 Å². The molecule has 0 saturated carbocycles. The maximum atomic E-state index is 10.8. The van der Waals surface area contributed by atoms with E-state index in [1.807, 2.05) is 43.3 Å². The SMILES string of the molecule is CCc1ccc2ccccc2c1NC(=O)O. The average molecular weight is 215 g/mol. The first-order valence-electron chi connectivity index (χ1n) is 5.23. The summed E-state index contributed by atoms with van der Waals surface area (Å²) in [6, 6.07) is 11.7. The minimum atomic E-state index is -1.02. The van der Waals surface area contributed by atoms with E-state index in [-0.39, 0.29) is 0 Å². The summed E-state index contributed by atoms with van der Waals surface area (Å²) < 4.78 is 0. The van der Waals surface area contributed by atoms with Crippen LogP contribution in [0.4, 0.5) is 10.5 Å². The number of hydrogen-bond donors (Lipinski definition) is 2. The van der Waals surface area contributed by atoms with Crippen molar-refractivity contribution < 1.29 is 9.90 Å². The van der Waals surface area contributed by atoms with Crippen molar-refractivity contribution in [3.05, 3.63) is 42.0 Å². The van der Waals surface area contributed by atoms with Crippen LogP contribution < -0.4 is 5.32 Å². The number of rotatable bonds is 2. The summed E-state index contributed by atoms with van der Waals surface area (Å²) in [6.45, 7) is 2.01. The molecule has 0 aromatic heterocycles. The average Bonchev–Trinajstić information content (AvgIpc) is 2.29. The molecule has 82 valence electrons. The molecule has 0 radical (unpaired) electrons. The summed E-state index contributed by atoms with van der Waals surface area (Å²) in [7, 11) is 0. The Labute approximate surface area is 93.7 Å². The summed E-state index contributed by atoms with van der Waals surface area (Å²) in [4.78, 5) is 10.8. The van der Waals surface area contributed by atoms with Crippen molar-refractivity contribution in [3.63, 3.8) is 0 Å². The van der Waals surface area contributed by atoms with Gasteiger partial charge in [0.1, 0.15) is 0 Å². The van der Waals surface area contributed by atoms with Gasteiger partial charge in [0.05, 0.1) is 5.69 Å². The number of amides is 1. The van der Waals surface area contributed by atoms with Crippen molar-refractivity contribution in [2.24, 2.45) is 0 Å². The molecule has 0 aliphatic heterocycles. The monoisotopic (exact) mass is 215 g/mol. The molecular formula is C13H13NO2. The van der Waals surface area contributed by atoms with E-state index >= 15 is 0 Å². The fraction of sp³-hybridized carbons (Fsp3) is 0.154. The first-order valence-corrected chi connectivity index (χ1v) is 5.23. The molecule has 16 heavy (non-hydrogen) atoms. The van der Waals surface area contributed by atoms with Crippen LogP contribution in [-0.4, -0.2) is 11.2 Å². The number of aryl methyl sites for hydroxylation is 1. The Morgan fingerprint density at radius 3 is 2.69 bits per heavy atom. The molecule has 0 heterocycles. The summed E-state index contributed by atoms with van der Waals surface area (Å²) in [5, 5.41) is 13.3. The van der Waals surface area contributed by atoms with Gasteiger partial charge >= 0.3 is 6.09 Å². The minimum absolute atomic E-state index is 0.702. The van der Waals surface area contributed by atoms with Crippen LogP contribution in [-0.2, 0) is 6.42 Å². The Kier molecular flexibility index (Phi) is 2.77. The first kappa shape index (κ1) is 10.5. The quantitative estimate of drug-likeness (QED) is 0.805. The Bertz CT molecular complexity index is 534. The van der Waals surface area contributed by atoms with Crippen LogP contribution in [0.25, 0.3) is 10.8 Å². The van der Waals surface area contributed by atoms with E-state index in [9.17, 15) is 4.79 Å². The van der Waals surface area contributed by atoms with E-state index in [0.717, 1.165) is 22.8 Å². The topological polar surface area (TPSA) is 49.3 Å². The molecule has 0 unspecified atom stereocenters. The van der Waals surface area contributed by atoms with Gasteiger partial charge in [-0.15, -0.1) is 0 Å². The molecule has 0 saturated heterocycles. The summed E-state index contributed by atoms with van der Waals surface area (Å²) in [5.41, 5.74) is 1.72. The van der Waals surface area contributed by atoms with Gasteiger partial charge in [-0.3, -0.25) is 5.32 Å². The highest BCUT2D eigenvalue weighted by atomic mass is 16.4. The van der Waals surface area contributed by atoms with Gasteiger partial charge in [0.25, 0.3) is 0 Å². The number of benzene rings is 2. The number of carbonyl (C=O) groups is 1. The predicted molar refractivity (Wildman–Crippen MR) is 65.0 cm³/mol. The highest BCUT2D eigenvalue weighted by molar-refractivity contribution is 6.01. The maximum absolute atomic E-state index is 10.8. The molecular weight excluding hydrogens is 202 g/mol. The zero-order valence-electron chi connectivity index (χ0n) is 9.03. The van der Waals surface area contributed by atoms with Crippen molar-refractivity contribution in [2.45, 2.75) is 13.3 Å². The zero-order chi connectivity index (χ0) is 11.5. The van der Waals surface area contributed by atoms with Crippen molar-refractivity contribution in [3.8, 4) is 0 Å². The maximum Gasteiger partial charge on any atom is 0.409 e. The second kappa shape index (κ2) is 4.23. The van der Waals surface area contributed by atoms with Crippen molar-refractivity contribution >= 4 is 22.6 Å². The normalized spacial score (nSPS) is 10.3. The van der Waals surface area contributed by atoms with Gasteiger partial charge in [-0.05, 0) is 17.4 Å². The van der Waals surface area contributed by atoms with E-state index in [0.29, 0.717) is 5.69 Å². The number of nitrogens with one attached hydrogen (secondary N) is 1. The third-order valence-corrected chi connectivity index (χ3v) is 2.63. The lowest BCUT2D eigenvalue weighted by molar-refractivity contribution is 0.210. The van der Waals surface area contributed by atoms with Crippen LogP contribution in [0.15, 0.2) is 36.4 Å². The molecule has 3 nitrogen and oxygen atoms in total. The largest absolute Gasteiger partial charge is 0.465 e. The second-order valence-electron chi connectivity index (χ2n) is 3.60. The highest BCUT2D eigenvalue weighted by Gasteiger charge is 2.08. The van der Waals surface area contributed by atoms with Gasteiger partial charge in [-0.1, -0.05) is 43.3 Å². The number of carboxylic acid groups (broad SMARTS) is 1. The second-order valence-corrected chi connectivity index (χ2v) is 3.60. The van der Waals surface area contributed by atoms with Crippen molar-refractivity contribution in [1.29, 1.82) is 0 Å². The smallest absolute Gasteiger partial charge is 0.409 e. The Morgan fingerprint density at radius 1 is 1.25 bits per heavy atom. The van der Waals surface area contributed by atoms with Gasteiger partial charge in [-0.25, -0.2) is 4.79 Å². The van der Waals surface area contributed by atoms with Crippen LogP contribution in [0.5, 0.6) is 0 Å². The lowest BCUT2D eigenvalue weighted by Gasteiger charge is -2.11. The number of anilines is 1. The third-order valence-electron chi connectivity index (χ3n) is 2.63. The molecule has 0 spiro atoms. The molecule has 2 N–H and O–H groups in total.